The fourth-order valence-electron chi connectivity index (χ4n) is 5.79. The Hall–Kier alpha value is -0.840. The van der Waals surface area contributed by atoms with Gasteiger partial charge >= 0.3 is 28.5 Å². The van der Waals surface area contributed by atoms with Crippen molar-refractivity contribution in [2.24, 2.45) is 0 Å². The third-order valence-corrected chi connectivity index (χ3v) is 11.8. The zero-order valence-electron chi connectivity index (χ0n) is 29.4. The molecule has 0 spiro atoms. The number of benzene rings is 1. The third kappa shape index (κ3) is 4.93. The number of hydrogen-bond acceptors (Lipinski definition) is 8. The normalized spacial score (nSPS) is 29.5. The van der Waals surface area contributed by atoms with Crippen molar-refractivity contribution in [3.05, 3.63) is 29.8 Å². The molecular formula is C31H52B4O8. The van der Waals surface area contributed by atoms with E-state index in [4.69, 9.17) is 37.2 Å². The highest BCUT2D eigenvalue weighted by atomic mass is 16.7. The molecule has 0 N–H and O–H groups in total. The van der Waals surface area contributed by atoms with Crippen LogP contribution in [0.2, 0.25) is 0 Å². The van der Waals surface area contributed by atoms with E-state index in [9.17, 15) is 0 Å². The molecule has 236 valence electrons. The molecule has 0 aromatic heterocycles. The van der Waals surface area contributed by atoms with E-state index < -0.39 is 78.4 Å². The second kappa shape index (κ2) is 9.60. The average molecular weight is 596 g/mol. The molecule has 12 heteroatoms. The molecule has 5 rings (SSSR count). The maximum Gasteiger partial charge on any atom is 0.494 e. The van der Waals surface area contributed by atoms with Gasteiger partial charge in [0.15, 0.2) is 0 Å². The van der Waals surface area contributed by atoms with Gasteiger partial charge in [-0.05, 0) is 122 Å². The Morgan fingerprint density at radius 3 is 1.00 bits per heavy atom. The van der Waals surface area contributed by atoms with Crippen molar-refractivity contribution in [3.8, 4) is 0 Å². The Morgan fingerprint density at radius 2 is 0.698 bits per heavy atom. The Kier molecular flexibility index (Phi) is 7.48. The van der Waals surface area contributed by atoms with Gasteiger partial charge in [-0.1, -0.05) is 24.3 Å². The quantitative estimate of drug-likeness (QED) is 0.435. The number of rotatable bonds is 5. The molecule has 4 saturated heterocycles. The summed E-state index contributed by atoms with van der Waals surface area (Å²) in [6.45, 7) is 32.8. The summed E-state index contributed by atoms with van der Waals surface area (Å²) in [5.74, 6) is 0. The van der Waals surface area contributed by atoms with Gasteiger partial charge in [-0.3, -0.25) is 0 Å². The van der Waals surface area contributed by atoms with Crippen LogP contribution in [0.1, 0.15) is 116 Å². The minimum Gasteiger partial charge on any atom is -0.403 e. The van der Waals surface area contributed by atoms with Crippen LogP contribution in [0.5, 0.6) is 0 Å². The van der Waals surface area contributed by atoms with Crippen molar-refractivity contribution in [1.82, 2.24) is 0 Å². The highest BCUT2D eigenvalue weighted by Gasteiger charge is 2.78. The minimum absolute atomic E-state index is 0.492. The predicted molar refractivity (Wildman–Crippen MR) is 172 cm³/mol. The minimum atomic E-state index is -1.22. The second-order valence-electron chi connectivity index (χ2n) is 16.9. The van der Waals surface area contributed by atoms with Gasteiger partial charge < -0.3 is 37.2 Å². The van der Waals surface area contributed by atoms with Crippen LogP contribution in [0.25, 0.3) is 0 Å². The molecule has 4 fully saturated rings. The van der Waals surface area contributed by atoms with Crippen molar-refractivity contribution in [2.75, 3.05) is 0 Å². The summed E-state index contributed by atoms with van der Waals surface area (Å²) in [5, 5.41) is -1.22. The summed E-state index contributed by atoms with van der Waals surface area (Å²) in [5.41, 5.74) is -3.13. The molecule has 0 amide bonds. The summed E-state index contributed by atoms with van der Waals surface area (Å²) >= 11 is 0. The standard InChI is InChI=1S/C31H52B4O8/c1-23(2)24(3,4)37-32(36-23)22-19-17-18-21(20-22)31(33-38-25(5,6)26(7,8)39-33,34-40-27(9,10)28(11,12)41-34)35-42-29(13,14)30(15,16)43-35/h17-20H,1-16H3. The van der Waals surface area contributed by atoms with Gasteiger partial charge in [-0.15, -0.1) is 0 Å². The predicted octanol–water partition coefficient (Wildman–Crippen LogP) is 5.12. The zero-order valence-corrected chi connectivity index (χ0v) is 29.4. The zero-order chi connectivity index (χ0) is 32.4. The first-order chi connectivity index (χ1) is 19.2. The van der Waals surface area contributed by atoms with E-state index in [2.05, 4.69) is 39.8 Å². The lowest BCUT2D eigenvalue weighted by molar-refractivity contribution is 0.00578. The summed E-state index contributed by atoms with van der Waals surface area (Å²) in [6.07, 6.45) is 0. The first-order valence-electron chi connectivity index (χ1n) is 15.7. The van der Waals surface area contributed by atoms with E-state index >= 15 is 0 Å². The SMILES string of the molecule is CC1(C)OB(c2cccc(C(B3OC(C)(C)C(C)(C)O3)(B3OC(C)(C)C(C)(C)O3)B3OC(C)(C)C(C)(C)O3)c2)OC1(C)C. The van der Waals surface area contributed by atoms with E-state index in [0.29, 0.717) is 0 Å². The molecule has 1 aromatic rings. The van der Waals surface area contributed by atoms with Gasteiger partial charge in [-0.25, -0.2) is 0 Å². The smallest absolute Gasteiger partial charge is 0.403 e. The average Bonchev–Trinajstić information content (AvgIpc) is 3.35. The van der Waals surface area contributed by atoms with Gasteiger partial charge in [0, 0.05) is 0 Å². The molecule has 0 unspecified atom stereocenters. The molecule has 0 bridgehead atoms. The van der Waals surface area contributed by atoms with Crippen molar-refractivity contribution in [2.45, 2.75) is 161 Å². The first-order valence-corrected chi connectivity index (χ1v) is 15.7. The molecule has 0 aliphatic carbocycles. The maximum atomic E-state index is 6.91. The van der Waals surface area contributed by atoms with Crippen LogP contribution in [0.3, 0.4) is 0 Å². The van der Waals surface area contributed by atoms with Crippen LogP contribution >= 0.6 is 0 Å². The molecular weight excluding hydrogens is 544 g/mol. The van der Waals surface area contributed by atoms with Crippen LogP contribution in [0.15, 0.2) is 24.3 Å². The lowest BCUT2D eigenvalue weighted by atomic mass is 9.22. The fourth-order valence-corrected chi connectivity index (χ4v) is 5.79. The van der Waals surface area contributed by atoms with E-state index in [1.807, 2.05) is 95.2 Å². The van der Waals surface area contributed by atoms with E-state index in [1.54, 1.807) is 0 Å². The van der Waals surface area contributed by atoms with Crippen LogP contribution in [-0.4, -0.2) is 73.3 Å². The van der Waals surface area contributed by atoms with Gasteiger partial charge in [0.05, 0.1) is 44.8 Å². The molecule has 0 radical (unpaired) electrons. The number of hydrogen-bond donors (Lipinski definition) is 0. The van der Waals surface area contributed by atoms with Crippen molar-refractivity contribution in [3.63, 3.8) is 0 Å². The summed E-state index contributed by atoms with van der Waals surface area (Å²) < 4.78 is 54.4. The molecule has 0 atom stereocenters. The lowest BCUT2D eigenvalue weighted by Crippen LogP contribution is -2.68. The topological polar surface area (TPSA) is 73.8 Å². The Labute approximate surface area is 261 Å². The van der Waals surface area contributed by atoms with Crippen LogP contribution in [0.4, 0.5) is 0 Å². The van der Waals surface area contributed by atoms with Crippen molar-refractivity contribution in [1.29, 1.82) is 0 Å². The molecule has 4 aliphatic rings. The van der Waals surface area contributed by atoms with Crippen molar-refractivity contribution >= 4 is 33.9 Å². The molecule has 1 aromatic carbocycles. The largest absolute Gasteiger partial charge is 0.494 e. The molecule has 0 saturated carbocycles. The fraction of sp³-hybridized carbons (Fsp3) is 0.806. The Bertz CT molecular complexity index is 1110. The Balaban J connectivity index is 1.75. The van der Waals surface area contributed by atoms with Gasteiger partial charge in [0.2, 0.25) is 0 Å². The monoisotopic (exact) mass is 596 g/mol. The van der Waals surface area contributed by atoms with Gasteiger partial charge in [0.1, 0.15) is 5.11 Å². The third-order valence-electron chi connectivity index (χ3n) is 11.8. The van der Waals surface area contributed by atoms with Crippen LogP contribution in [0, 0.1) is 0 Å². The van der Waals surface area contributed by atoms with Crippen molar-refractivity contribution < 1.29 is 37.2 Å². The highest BCUT2D eigenvalue weighted by Crippen LogP contribution is 2.53. The van der Waals surface area contributed by atoms with Crippen LogP contribution < -0.4 is 5.46 Å². The first kappa shape index (κ1) is 33.5. The summed E-state index contributed by atoms with van der Waals surface area (Å²) in [6, 6.07) is 8.17. The van der Waals surface area contributed by atoms with Gasteiger partial charge in [-0.2, -0.15) is 0 Å². The van der Waals surface area contributed by atoms with Gasteiger partial charge in [0.25, 0.3) is 0 Å². The Morgan fingerprint density at radius 1 is 0.419 bits per heavy atom. The van der Waals surface area contributed by atoms with Crippen LogP contribution in [-0.2, 0) is 42.3 Å². The summed E-state index contributed by atoms with van der Waals surface area (Å²) in [7, 11) is -3.13. The second-order valence-corrected chi connectivity index (χ2v) is 16.9. The van der Waals surface area contributed by atoms with E-state index in [-0.39, 0.29) is 0 Å². The molecule has 4 aliphatic heterocycles. The highest BCUT2D eigenvalue weighted by molar-refractivity contribution is 6.89. The molecule has 8 nitrogen and oxygen atoms in total. The van der Waals surface area contributed by atoms with E-state index in [0.717, 1.165) is 11.0 Å². The molecule has 43 heavy (non-hydrogen) atoms. The maximum absolute atomic E-state index is 6.91. The van der Waals surface area contributed by atoms with E-state index in [1.165, 1.54) is 0 Å². The lowest BCUT2D eigenvalue weighted by Gasteiger charge is -2.39. The molecule has 4 heterocycles. The summed E-state index contributed by atoms with van der Waals surface area (Å²) in [4.78, 5) is 0.